The van der Waals surface area contributed by atoms with Gasteiger partial charge in [0, 0.05) is 17.9 Å². The first-order chi connectivity index (χ1) is 13.2. The summed E-state index contributed by atoms with van der Waals surface area (Å²) in [5.74, 6) is -0.699. The summed E-state index contributed by atoms with van der Waals surface area (Å²) >= 11 is 11.9. The molecule has 1 fully saturated rings. The largest absolute Gasteiger partial charge is 0.495 e. The summed E-state index contributed by atoms with van der Waals surface area (Å²) in [4.78, 5) is 25.1. The van der Waals surface area contributed by atoms with E-state index in [0.717, 1.165) is 4.90 Å². The molecule has 1 N–H and O–H groups in total. The quantitative estimate of drug-likeness (QED) is 0.709. The highest BCUT2D eigenvalue weighted by Crippen LogP contribution is 2.34. The molecule has 1 aliphatic heterocycles. The van der Waals surface area contributed by atoms with E-state index in [-0.39, 0.29) is 51.7 Å². The monoisotopic (exact) mass is 442 g/mol. The first-order valence-corrected chi connectivity index (χ1v) is 10.5. The van der Waals surface area contributed by atoms with Crippen LogP contribution in [0.15, 0.2) is 41.3 Å². The van der Waals surface area contributed by atoms with Gasteiger partial charge in [0.05, 0.1) is 23.5 Å². The molecule has 3 rings (SSSR count). The van der Waals surface area contributed by atoms with Crippen LogP contribution in [0.1, 0.15) is 19.3 Å². The number of carbonyl (C=O) groups is 2. The van der Waals surface area contributed by atoms with Crippen LogP contribution < -0.4 is 14.4 Å². The van der Waals surface area contributed by atoms with Crippen molar-refractivity contribution >= 4 is 56.4 Å². The molecule has 148 valence electrons. The molecule has 0 aliphatic carbocycles. The Morgan fingerprint density at radius 2 is 1.71 bits per heavy atom. The number of rotatable bonds is 5. The van der Waals surface area contributed by atoms with Crippen molar-refractivity contribution in [1.82, 2.24) is 0 Å². The highest BCUT2D eigenvalue weighted by molar-refractivity contribution is 7.92. The van der Waals surface area contributed by atoms with Crippen LogP contribution in [0.2, 0.25) is 10.0 Å². The van der Waals surface area contributed by atoms with Crippen LogP contribution in [0.5, 0.6) is 5.75 Å². The SMILES string of the molecule is COc1ccc(N2C(=O)CCCC2=O)cc1S(=O)(=O)Nc1ccc(Cl)cc1Cl. The van der Waals surface area contributed by atoms with Gasteiger partial charge in [-0.05, 0) is 42.8 Å². The maximum atomic E-state index is 12.9. The Bertz CT molecular complexity index is 1040. The summed E-state index contributed by atoms with van der Waals surface area (Å²) in [6.07, 6.45) is 0.920. The molecule has 28 heavy (non-hydrogen) atoms. The standard InChI is InChI=1S/C18H16Cl2N2O5S/c1-27-15-8-6-12(22-17(23)3-2-4-18(22)24)10-16(15)28(25,26)21-14-7-5-11(19)9-13(14)20/h5-10,21H,2-4H2,1H3. The van der Waals surface area contributed by atoms with Gasteiger partial charge >= 0.3 is 0 Å². The highest BCUT2D eigenvalue weighted by Gasteiger charge is 2.30. The average Bonchev–Trinajstić information content (AvgIpc) is 2.64. The minimum Gasteiger partial charge on any atom is -0.495 e. The van der Waals surface area contributed by atoms with Gasteiger partial charge in [-0.15, -0.1) is 0 Å². The van der Waals surface area contributed by atoms with E-state index in [2.05, 4.69) is 4.72 Å². The lowest BCUT2D eigenvalue weighted by Crippen LogP contribution is -2.40. The zero-order chi connectivity index (χ0) is 20.5. The lowest BCUT2D eigenvalue weighted by Gasteiger charge is -2.25. The third kappa shape index (κ3) is 4.09. The summed E-state index contributed by atoms with van der Waals surface area (Å²) in [6, 6.07) is 8.41. The van der Waals surface area contributed by atoms with Crippen molar-refractivity contribution in [2.24, 2.45) is 0 Å². The summed E-state index contributed by atoms with van der Waals surface area (Å²) in [5, 5.41) is 0.474. The maximum absolute atomic E-state index is 12.9. The van der Waals surface area contributed by atoms with Gasteiger partial charge in [0.1, 0.15) is 10.6 Å². The second-order valence-electron chi connectivity index (χ2n) is 6.04. The fourth-order valence-electron chi connectivity index (χ4n) is 2.83. The average molecular weight is 443 g/mol. The van der Waals surface area contributed by atoms with Crippen molar-refractivity contribution < 1.29 is 22.7 Å². The number of amides is 2. The molecule has 0 radical (unpaired) electrons. The molecule has 2 amide bonds. The van der Waals surface area contributed by atoms with E-state index in [4.69, 9.17) is 27.9 Å². The number of nitrogens with one attached hydrogen (secondary N) is 1. The number of hydrogen-bond donors (Lipinski definition) is 1. The van der Waals surface area contributed by atoms with E-state index >= 15 is 0 Å². The van der Waals surface area contributed by atoms with Crippen LogP contribution in [-0.2, 0) is 19.6 Å². The van der Waals surface area contributed by atoms with Crippen LogP contribution in [0.25, 0.3) is 0 Å². The number of carbonyl (C=O) groups excluding carboxylic acids is 2. The van der Waals surface area contributed by atoms with E-state index in [0.29, 0.717) is 11.4 Å². The predicted molar refractivity (Wildman–Crippen MR) is 107 cm³/mol. The molecular weight excluding hydrogens is 427 g/mol. The van der Waals surface area contributed by atoms with Crippen molar-refractivity contribution in [3.8, 4) is 5.75 Å². The number of halogens is 2. The second-order valence-corrected chi connectivity index (χ2v) is 8.54. The number of anilines is 2. The third-order valence-electron chi connectivity index (χ3n) is 4.15. The van der Waals surface area contributed by atoms with Crippen molar-refractivity contribution in [3.05, 3.63) is 46.4 Å². The predicted octanol–water partition coefficient (Wildman–Crippen LogP) is 3.85. The van der Waals surface area contributed by atoms with Crippen LogP contribution in [-0.4, -0.2) is 27.3 Å². The lowest BCUT2D eigenvalue weighted by atomic mass is 10.1. The van der Waals surface area contributed by atoms with Crippen molar-refractivity contribution in [2.45, 2.75) is 24.2 Å². The van der Waals surface area contributed by atoms with Crippen LogP contribution in [0.3, 0.4) is 0 Å². The van der Waals surface area contributed by atoms with Gasteiger partial charge in [-0.2, -0.15) is 0 Å². The molecule has 0 aromatic heterocycles. The van der Waals surface area contributed by atoms with Crippen molar-refractivity contribution in [3.63, 3.8) is 0 Å². The number of piperidine rings is 1. The summed E-state index contributed by atoms with van der Waals surface area (Å²) in [7, 11) is -2.82. The number of ether oxygens (including phenoxy) is 1. The summed E-state index contributed by atoms with van der Waals surface area (Å²) in [6.45, 7) is 0. The van der Waals surface area contributed by atoms with E-state index in [1.54, 1.807) is 0 Å². The highest BCUT2D eigenvalue weighted by atomic mass is 35.5. The first-order valence-electron chi connectivity index (χ1n) is 8.24. The Morgan fingerprint density at radius 1 is 1.04 bits per heavy atom. The minimum atomic E-state index is -4.14. The van der Waals surface area contributed by atoms with E-state index in [1.165, 1.54) is 43.5 Å². The summed E-state index contributed by atoms with van der Waals surface area (Å²) < 4.78 is 33.4. The molecule has 2 aromatic carbocycles. The van der Waals surface area contributed by atoms with Crippen LogP contribution in [0, 0.1) is 0 Å². The van der Waals surface area contributed by atoms with Crippen molar-refractivity contribution in [2.75, 3.05) is 16.7 Å². The molecule has 7 nitrogen and oxygen atoms in total. The molecule has 1 heterocycles. The number of hydrogen-bond acceptors (Lipinski definition) is 5. The van der Waals surface area contributed by atoms with Gasteiger partial charge in [-0.3, -0.25) is 19.2 Å². The Hall–Kier alpha value is -2.29. The zero-order valence-corrected chi connectivity index (χ0v) is 17.1. The molecule has 2 aromatic rings. The summed E-state index contributed by atoms with van der Waals surface area (Å²) in [5.41, 5.74) is 0.293. The van der Waals surface area contributed by atoms with Gasteiger partial charge < -0.3 is 4.74 Å². The Balaban J connectivity index is 2.04. The fraction of sp³-hybridized carbons (Fsp3) is 0.222. The minimum absolute atomic E-state index is 0.0539. The van der Waals surface area contributed by atoms with Gasteiger partial charge in [-0.1, -0.05) is 23.2 Å². The number of nitrogens with zero attached hydrogens (tertiary/aromatic N) is 1. The van der Waals surface area contributed by atoms with Gasteiger partial charge in [0.25, 0.3) is 10.0 Å². The lowest BCUT2D eigenvalue weighted by molar-refractivity contribution is -0.129. The van der Waals surface area contributed by atoms with Gasteiger partial charge in [0.15, 0.2) is 0 Å². The normalized spacial score (nSPS) is 14.9. The second kappa shape index (κ2) is 7.98. The molecule has 0 spiro atoms. The van der Waals surface area contributed by atoms with Gasteiger partial charge in [-0.25, -0.2) is 8.42 Å². The van der Waals surface area contributed by atoms with Crippen LogP contribution in [0.4, 0.5) is 11.4 Å². The van der Waals surface area contributed by atoms with Crippen LogP contribution >= 0.6 is 23.2 Å². The van der Waals surface area contributed by atoms with E-state index in [1.807, 2.05) is 0 Å². The Kier molecular flexibility index (Phi) is 5.83. The Labute approximate surface area is 172 Å². The number of benzene rings is 2. The molecule has 0 saturated carbocycles. The third-order valence-corrected chi connectivity index (χ3v) is 6.08. The number of imide groups is 1. The Morgan fingerprint density at radius 3 is 2.32 bits per heavy atom. The fourth-order valence-corrected chi connectivity index (χ4v) is 4.61. The van der Waals surface area contributed by atoms with Crippen molar-refractivity contribution in [1.29, 1.82) is 0 Å². The van der Waals surface area contributed by atoms with E-state index in [9.17, 15) is 18.0 Å². The first kappa shape index (κ1) is 20.4. The van der Waals surface area contributed by atoms with E-state index < -0.39 is 10.0 Å². The van der Waals surface area contributed by atoms with Gasteiger partial charge in [0.2, 0.25) is 11.8 Å². The molecule has 1 saturated heterocycles. The zero-order valence-electron chi connectivity index (χ0n) is 14.7. The topological polar surface area (TPSA) is 92.8 Å². The smallest absolute Gasteiger partial charge is 0.265 e. The molecule has 0 unspecified atom stereocenters. The molecule has 0 atom stereocenters. The molecule has 1 aliphatic rings. The molecule has 10 heteroatoms. The number of methoxy groups -OCH3 is 1. The molecular formula is C18H16Cl2N2O5S. The maximum Gasteiger partial charge on any atom is 0.265 e. The number of sulfonamides is 1. The molecule has 0 bridgehead atoms.